The number of rotatable bonds is 7. The predicted molar refractivity (Wildman–Crippen MR) is 106 cm³/mol. The summed E-state index contributed by atoms with van der Waals surface area (Å²) in [6, 6.07) is 11.6. The van der Waals surface area contributed by atoms with Crippen LogP contribution in [0.3, 0.4) is 0 Å². The highest BCUT2D eigenvalue weighted by Gasteiger charge is 2.12. The molecule has 0 spiro atoms. The van der Waals surface area contributed by atoms with Crippen LogP contribution in [-0.2, 0) is 18.0 Å². The maximum absolute atomic E-state index is 12.5. The summed E-state index contributed by atoms with van der Waals surface area (Å²) in [5, 5.41) is 2.75. The van der Waals surface area contributed by atoms with E-state index in [2.05, 4.69) is 47.3 Å². The van der Waals surface area contributed by atoms with E-state index < -0.39 is 0 Å². The molecule has 2 aromatic carbocycles. The van der Waals surface area contributed by atoms with Gasteiger partial charge in [-0.3, -0.25) is 4.79 Å². The third-order valence-corrected chi connectivity index (χ3v) is 4.20. The van der Waals surface area contributed by atoms with Crippen molar-refractivity contribution in [2.75, 3.05) is 12.4 Å². The minimum absolute atomic E-state index is 0.245. The Bertz CT molecular complexity index is 938. The van der Waals surface area contributed by atoms with E-state index in [1.165, 1.54) is 11.1 Å². The number of nitrogens with zero attached hydrogens (tertiary/aromatic N) is 1. The molecule has 1 amide bonds. The summed E-state index contributed by atoms with van der Waals surface area (Å²) in [4.78, 5) is 19.5. The molecule has 28 heavy (non-hydrogen) atoms. The molecule has 0 aliphatic rings. The summed E-state index contributed by atoms with van der Waals surface area (Å²) >= 11 is 0. The maximum atomic E-state index is 12.5. The molecule has 1 heterocycles. The van der Waals surface area contributed by atoms with Crippen molar-refractivity contribution in [2.24, 2.45) is 0 Å². The van der Waals surface area contributed by atoms with E-state index in [4.69, 9.17) is 9.47 Å². The SMILES string of the molecule is COc1ccc(C(=O)Nc2c[nH+]ccn2)cc1COCc1cc(C)cc(C)c1. The van der Waals surface area contributed by atoms with E-state index in [0.29, 0.717) is 30.3 Å². The number of aryl methyl sites for hydroxylation is 2. The van der Waals surface area contributed by atoms with Crippen LogP contribution in [0.4, 0.5) is 5.82 Å². The molecular formula is C22H24N3O3+. The van der Waals surface area contributed by atoms with E-state index in [1.807, 2.05) is 0 Å². The Morgan fingerprint density at radius 2 is 1.89 bits per heavy atom. The van der Waals surface area contributed by atoms with Gasteiger partial charge in [-0.05, 0) is 37.6 Å². The summed E-state index contributed by atoms with van der Waals surface area (Å²) in [5.74, 6) is 0.893. The molecule has 3 aromatic rings. The number of nitrogens with one attached hydrogen (secondary N) is 2. The number of aromatic nitrogens is 2. The zero-order valence-electron chi connectivity index (χ0n) is 16.3. The Morgan fingerprint density at radius 1 is 1.11 bits per heavy atom. The molecule has 6 nitrogen and oxygen atoms in total. The first-order chi connectivity index (χ1) is 13.5. The van der Waals surface area contributed by atoms with Gasteiger partial charge in [0.2, 0.25) is 6.20 Å². The van der Waals surface area contributed by atoms with Gasteiger partial charge in [0.1, 0.15) is 5.75 Å². The topological polar surface area (TPSA) is 74.6 Å². The number of anilines is 1. The Morgan fingerprint density at radius 3 is 2.57 bits per heavy atom. The van der Waals surface area contributed by atoms with E-state index in [0.717, 1.165) is 11.1 Å². The first kappa shape index (κ1) is 19.5. The van der Waals surface area contributed by atoms with Crippen LogP contribution in [0.2, 0.25) is 0 Å². The van der Waals surface area contributed by atoms with Crippen molar-refractivity contribution in [3.05, 3.63) is 82.8 Å². The zero-order chi connectivity index (χ0) is 19.9. The first-order valence-corrected chi connectivity index (χ1v) is 9.00. The zero-order valence-corrected chi connectivity index (χ0v) is 16.3. The summed E-state index contributed by atoms with van der Waals surface area (Å²) in [5.41, 5.74) is 4.86. The third kappa shape index (κ3) is 5.14. The summed E-state index contributed by atoms with van der Waals surface area (Å²) < 4.78 is 11.3. The fraction of sp³-hybridized carbons (Fsp3) is 0.227. The molecule has 2 N–H and O–H groups in total. The summed E-state index contributed by atoms with van der Waals surface area (Å²) in [6.07, 6.45) is 4.87. The van der Waals surface area contributed by atoms with Crippen LogP contribution in [0.5, 0.6) is 5.75 Å². The molecule has 0 bridgehead atoms. The standard InChI is InChI=1S/C22H23N3O3/c1-15-8-16(2)10-17(9-15)13-28-14-19-11-18(4-5-20(19)27-3)22(26)25-21-12-23-6-7-24-21/h4-12H,13-14H2,1-3H3,(H,24,25,26)/p+1. The van der Waals surface area contributed by atoms with Crippen LogP contribution >= 0.6 is 0 Å². The molecule has 144 valence electrons. The number of hydrogen-bond donors (Lipinski definition) is 1. The maximum Gasteiger partial charge on any atom is 0.256 e. The number of H-pyrrole nitrogens is 1. The van der Waals surface area contributed by atoms with Gasteiger partial charge in [-0.1, -0.05) is 29.3 Å². The molecule has 0 saturated heterocycles. The van der Waals surface area contributed by atoms with E-state index >= 15 is 0 Å². The van der Waals surface area contributed by atoms with Crippen molar-refractivity contribution in [3.8, 4) is 5.75 Å². The summed E-state index contributed by atoms with van der Waals surface area (Å²) in [7, 11) is 1.60. The average Bonchev–Trinajstić information content (AvgIpc) is 2.68. The number of carbonyl (C=O) groups is 1. The smallest absolute Gasteiger partial charge is 0.256 e. The lowest BCUT2D eigenvalue weighted by Gasteiger charge is -2.12. The lowest BCUT2D eigenvalue weighted by Crippen LogP contribution is -2.15. The van der Waals surface area contributed by atoms with Crippen LogP contribution in [0.15, 0.2) is 55.0 Å². The second-order valence-electron chi connectivity index (χ2n) is 6.61. The average molecular weight is 378 g/mol. The molecule has 0 unspecified atom stereocenters. The third-order valence-electron chi connectivity index (χ3n) is 4.20. The molecule has 6 heteroatoms. The van der Waals surface area contributed by atoms with Crippen molar-refractivity contribution in [3.63, 3.8) is 0 Å². The number of hydrogen-bond acceptors (Lipinski definition) is 4. The van der Waals surface area contributed by atoms with Gasteiger partial charge < -0.3 is 14.8 Å². The van der Waals surface area contributed by atoms with Crippen molar-refractivity contribution < 1.29 is 19.3 Å². The highest BCUT2D eigenvalue weighted by Crippen LogP contribution is 2.22. The monoisotopic (exact) mass is 378 g/mol. The van der Waals surface area contributed by atoms with Gasteiger partial charge in [0.15, 0.2) is 12.0 Å². The minimum atomic E-state index is -0.245. The molecule has 0 radical (unpaired) electrons. The van der Waals surface area contributed by atoms with Crippen molar-refractivity contribution >= 4 is 11.7 Å². The fourth-order valence-corrected chi connectivity index (χ4v) is 3.05. The molecule has 0 fully saturated rings. The number of aromatic amines is 1. The Kier molecular flexibility index (Phi) is 6.34. The fourth-order valence-electron chi connectivity index (χ4n) is 3.05. The van der Waals surface area contributed by atoms with Gasteiger partial charge in [0.05, 0.1) is 26.5 Å². The number of methoxy groups -OCH3 is 1. The van der Waals surface area contributed by atoms with Crippen molar-refractivity contribution in [2.45, 2.75) is 27.1 Å². The molecule has 3 rings (SSSR count). The minimum Gasteiger partial charge on any atom is -0.496 e. The quantitative estimate of drug-likeness (QED) is 0.683. The second-order valence-corrected chi connectivity index (χ2v) is 6.61. The number of benzene rings is 2. The largest absolute Gasteiger partial charge is 0.496 e. The predicted octanol–water partition coefficient (Wildman–Crippen LogP) is 3.49. The van der Waals surface area contributed by atoms with Crippen LogP contribution in [-0.4, -0.2) is 18.0 Å². The van der Waals surface area contributed by atoms with Crippen molar-refractivity contribution in [1.29, 1.82) is 0 Å². The highest BCUT2D eigenvalue weighted by molar-refractivity contribution is 6.03. The van der Waals surface area contributed by atoms with Gasteiger partial charge in [-0.15, -0.1) is 0 Å². The van der Waals surface area contributed by atoms with Gasteiger partial charge in [0.25, 0.3) is 5.91 Å². The molecule has 0 aliphatic heterocycles. The van der Waals surface area contributed by atoms with E-state index in [-0.39, 0.29) is 5.91 Å². The number of carbonyl (C=O) groups excluding carboxylic acids is 1. The van der Waals surface area contributed by atoms with Crippen LogP contribution < -0.4 is 15.0 Å². The van der Waals surface area contributed by atoms with Gasteiger partial charge >= 0.3 is 0 Å². The van der Waals surface area contributed by atoms with E-state index in [1.54, 1.807) is 43.9 Å². The van der Waals surface area contributed by atoms with Gasteiger partial charge in [-0.25, -0.2) is 9.97 Å². The molecular weight excluding hydrogens is 354 g/mol. The highest BCUT2D eigenvalue weighted by atomic mass is 16.5. The molecule has 0 saturated carbocycles. The molecule has 1 aromatic heterocycles. The number of ether oxygens (including phenoxy) is 2. The van der Waals surface area contributed by atoms with E-state index in [9.17, 15) is 4.79 Å². The molecule has 0 aliphatic carbocycles. The number of amides is 1. The molecule has 0 atom stereocenters. The van der Waals surface area contributed by atoms with Crippen LogP contribution in [0.25, 0.3) is 0 Å². The van der Waals surface area contributed by atoms with Crippen molar-refractivity contribution in [1.82, 2.24) is 4.98 Å². The normalized spacial score (nSPS) is 10.5. The lowest BCUT2D eigenvalue weighted by molar-refractivity contribution is -0.377. The van der Waals surface area contributed by atoms with Crippen LogP contribution in [0.1, 0.15) is 32.6 Å². The first-order valence-electron chi connectivity index (χ1n) is 9.00. The second kappa shape index (κ2) is 9.10. The van der Waals surface area contributed by atoms with Gasteiger partial charge in [0, 0.05) is 11.1 Å². The Labute approximate surface area is 164 Å². The Balaban J connectivity index is 1.69. The van der Waals surface area contributed by atoms with Gasteiger partial charge in [-0.2, -0.15) is 0 Å². The lowest BCUT2D eigenvalue weighted by atomic mass is 10.1. The summed E-state index contributed by atoms with van der Waals surface area (Å²) in [6.45, 7) is 4.97. The van der Waals surface area contributed by atoms with Crippen LogP contribution in [0, 0.1) is 13.8 Å². The Hall–Kier alpha value is -3.25.